The molecule has 1 aromatic rings. The zero-order valence-electron chi connectivity index (χ0n) is 15.0. The molecule has 0 spiro atoms. The van der Waals surface area contributed by atoms with Crippen LogP contribution in [-0.2, 0) is 11.3 Å². The number of ether oxygens (including phenoxy) is 1. The summed E-state index contributed by atoms with van der Waals surface area (Å²) < 4.78 is 11.5. The van der Waals surface area contributed by atoms with Crippen LogP contribution in [0.2, 0.25) is 0 Å². The summed E-state index contributed by atoms with van der Waals surface area (Å²) in [5.74, 6) is 2.03. The van der Waals surface area contributed by atoms with Crippen LogP contribution in [0.3, 0.4) is 0 Å². The van der Waals surface area contributed by atoms with Gasteiger partial charge >= 0.3 is 6.03 Å². The molecule has 1 aliphatic heterocycles. The number of carbonyl (C=O) groups excluding carboxylic acids is 1. The molecule has 0 unspecified atom stereocenters. The lowest BCUT2D eigenvalue weighted by atomic mass is 9.78. The molecule has 130 valence electrons. The van der Waals surface area contributed by atoms with Gasteiger partial charge in [0.2, 0.25) is 0 Å². The molecule has 2 heterocycles. The SMILES string of the molecule is Cc1ccc(CN(C)C(=O)NC[C@@H]2CCCO[C@H]2C(C)(C)C)o1. The Labute approximate surface area is 139 Å². The number of hydrogen-bond acceptors (Lipinski definition) is 3. The fraction of sp³-hybridized carbons (Fsp3) is 0.722. The lowest BCUT2D eigenvalue weighted by molar-refractivity contribution is -0.0839. The molecular weight excluding hydrogens is 292 g/mol. The van der Waals surface area contributed by atoms with Crippen LogP contribution in [0.5, 0.6) is 0 Å². The third kappa shape index (κ3) is 4.99. The minimum atomic E-state index is -0.0720. The van der Waals surface area contributed by atoms with Gasteiger partial charge in [-0.25, -0.2) is 4.79 Å². The lowest BCUT2D eigenvalue weighted by Crippen LogP contribution is -2.47. The van der Waals surface area contributed by atoms with E-state index >= 15 is 0 Å². The Bertz CT molecular complexity index is 519. The molecular formula is C18H30N2O3. The highest BCUT2D eigenvalue weighted by atomic mass is 16.5. The van der Waals surface area contributed by atoms with Crippen molar-refractivity contribution in [1.82, 2.24) is 10.2 Å². The first-order valence-corrected chi connectivity index (χ1v) is 8.43. The van der Waals surface area contributed by atoms with Crippen LogP contribution in [-0.4, -0.2) is 37.2 Å². The monoisotopic (exact) mass is 322 g/mol. The third-order valence-electron chi connectivity index (χ3n) is 4.35. The molecule has 2 rings (SSSR count). The Morgan fingerprint density at radius 2 is 2.13 bits per heavy atom. The molecule has 1 saturated heterocycles. The highest BCUT2D eigenvalue weighted by Gasteiger charge is 2.35. The van der Waals surface area contributed by atoms with Gasteiger partial charge in [0, 0.05) is 26.1 Å². The molecule has 5 heteroatoms. The van der Waals surface area contributed by atoms with Crippen LogP contribution in [0.4, 0.5) is 4.79 Å². The van der Waals surface area contributed by atoms with Crippen molar-refractivity contribution in [1.29, 1.82) is 0 Å². The summed E-state index contributed by atoms with van der Waals surface area (Å²) >= 11 is 0. The van der Waals surface area contributed by atoms with E-state index in [1.807, 2.05) is 19.1 Å². The Balaban J connectivity index is 1.84. The Morgan fingerprint density at radius 1 is 1.39 bits per heavy atom. The fourth-order valence-electron chi connectivity index (χ4n) is 3.24. The molecule has 2 atom stereocenters. The van der Waals surface area contributed by atoms with Gasteiger partial charge in [-0.15, -0.1) is 0 Å². The normalized spacial score (nSPS) is 22.0. The topological polar surface area (TPSA) is 54.7 Å². The van der Waals surface area contributed by atoms with Gasteiger partial charge in [0.15, 0.2) is 0 Å². The van der Waals surface area contributed by atoms with E-state index in [1.165, 1.54) is 0 Å². The molecule has 0 radical (unpaired) electrons. The Morgan fingerprint density at radius 3 is 2.74 bits per heavy atom. The van der Waals surface area contributed by atoms with Crippen molar-refractivity contribution in [2.24, 2.45) is 11.3 Å². The maximum atomic E-state index is 12.3. The van der Waals surface area contributed by atoms with Gasteiger partial charge in [-0.2, -0.15) is 0 Å². The molecule has 0 saturated carbocycles. The summed E-state index contributed by atoms with van der Waals surface area (Å²) in [7, 11) is 1.78. The van der Waals surface area contributed by atoms with Crippen LogP contribution in [0.1, 0.15) is 45.1 Å². The van der Waals surface area contributed by atoms with Gasteiger partial charge in [0.1, 0.15) is 11.5 Å². The van der Waals surface area contributed by atoms with Crippen molar-refractivity contribution in [3.8, 4) is 0 Å². The van der Waals surface area contributed by atoms with E-state index in [0.29, 0.717) is 19.0 Å². The third-order valence-corrected chi connectivity index (χ3v) is 4.35. The second kappa shape index (κ2) is 7.39. The van der Waals surface area contributed by atoms with E-state index in [4.69, 9.17) is 9.15 Å². The second-order valence-electron chi connectivity index (χ2n) is 7.61. The number of carbonyl (C=O) groups is 1. The smallest absolute Gasteiger partial charge is 0.317 e. The molecule has 1 N–H and O–H groups in total. The number of nitrogens with one attached hydrogen (secondary N) is 1. The molecule has 0 aromatic carbocycles. The lowest BCUT2D eigenvalue weighted by Gasteiger charge is -2.40. The van der Waals surface area contributed by atoms with Crippen LogP contribution >= 0.6 is 0 Å². The van der Waals surface area contributed by atoms with E-state index in [2.05, 4.69) is 26.1 Å². The minimum Gasteiger partial charge on any atom is -0.464 e. The number of aryl methyl sites for hydroxylation is 1. The van der Waals surface area contributed by atoms with Gasteiger partial charge in [0.05, 0.1) is 12.6 Å². The zero-order chi connectivity index (χ0) is 17.0. The predicted octanol–water partition coefficient (Wildman–Crippen LogP) is 3.57. The van der Waals surface area contributed by atoms with E-state index in [-0.39, 0.29) is 17.6 Å². The predicted molar refractivity (Wildman–Crippen MR) is 90.2 cm³/mol. The van der Waals surface area contributed by atoms with E-state index < -0.39 is 0 Å². The first-order chi connectivity index (χ1) is 10.8. The molecule has 5 nitrogen and oxygen atoms in total. The van der Waals surface area contributed by atoms with Gasteiger partial charge in [-0.1, -0.05) is 20.8 Å². The van der Waals surface area contributed by atoms with Crippen LogP contribution < -0.4 is 5.32 Å². The number of amides is 2. The molecule has 1 fully saturated rings. The highest BCUT2D eigenvalue weighted by Crippen LogP contribution is 2.33. The molecule has 0 bridgehead atoms. The molecule has 0 aliphatic carbocycles. The summed E-state index contributed by atoms with van der Waals surface area (Å²) in [4.78, 5) is 13.9. The number of nitrogens with zero attached hydrogens (tertiary/aromatic N) is 1. The highest BCUT2D eigenvalue weighted by molar-refractivity contribution is 5.73. The molecule has 1 aromatic heterocycles. The van der Waals surface area contributed by atoms with Gasteiger partial charge < -0.3 is 19.4 Å². The number of rotatable bonds is 4. The summed E-state index contributed by atoms with van der Waals surface area (Å²) in [5, 5.41) is 3.05. The van der Waals surface area contributed by atoms with Gasteiger partial charge in [0.25, 0.3) is 0 Å². The van der Waals surface area contributed by atoms with Crippen molar-refractivity contribution >= 4 is 6.03 Å². The van der Waals surface area contributed by atoms with Crippen molar-refractivity contribution < 1.29 is 13.9 Å². The van der Waals surface area contributed by atoms with E-state index in [1.54, 1.807) is 11.9 Å². The van der Waals surface area contributed by atoms with Gasteiger partial charge in [-0.05, 0) is 37.3 Å². The molecule has 2 amide bonds. The van der Waals surface area contributed by atoms with Crippen molar-refractivity contribution in [3.63, 3.8) is 0 Å². The summed E-state index contributed by atoms with van der Waals surface area (Å²) in [6, 6.07) is 3.75. The van der Waals surface area contributed by atoms with Crippen LogP contribution in [0.25, 0.3) is 0 Å². The molecule has 23 heavy (non-hydrogen) atoms. The fourth-order valence-corrected chi connectivity index (χ4v) is 3.24. The quantitative estimate of drug-likeness (QED) is 0.922. The van der Waals surface area contributed by atoms with Crippen molar-refractivity contribution in [2.45, 2.75) is 53.2 Å². The standard InChI is InChI=1S/C18H30N2O3/c1-13-8-9-15(23-13)12-20(5)17(21)19-11-14-7-6-10-22-16(14)18(2,3)4/h8-9,14,16H,6-7,10-12H2,1-5H3,(H,19,21)/t14-,16+/m0/s1. The van der Waals surface area contributed by atoms with Gasteiger partial charge in [-0.3, -0.25) is 0 Å². The first kappa shape index (κ1) is 17.9. The average molecular weight is 322 g/mol. The number of hydrogen-bond donors (Lipinski definition) is 1. The summed E-state index contributed by atoms with van der Waals surface area (Å²) in [5.41, 5.74) is 0.0907. The first-order valence-electron chi connectivity index (χ1n) is 8.43. The minimum absolute atomic E-state index is 0.0720. The summed E-state index contributed by atoms with van der Waals surface area (Å²) in [6.07, 6.45) is 2.35. The maximum absolute atomic E-state index is 12.3. The largest absolute Gasteiger partial charge is 0.464 e. The van der Waals surface area contributed by atoms with E-state index in [0.717, 1.165) is 31.0 Å². The van der Waals surface area contributed by atoms with Crippen LogP contribution in [0.15, 0.2) is 16.5 Å². The zero-order valence-corrected chi connectivity index (χ0v) is 15.0. The van der Waals surface area contributed by atoms with Crippen molar-refractivity contribution in [2.75, 3.05) is 20.2 Å². The molecule has 1 aliphatic rings. The van der Waals surface area contributed by atoms with Crippen LogP contribution in [0, 0.1) is 18.3 Å². The Kier molecular flexibility index (Phi) is 5.74. The number of urea groups is 1. The van der Waals surface area contributed by atoms with Crippen molar-refractivity contribution in [3.05, 3.63) is 23.7 Å². The number of furan rings is 1. The average Bonchev–Trinajstić information content (AvgIpc) is 2.89. The maximum Gasteiger partial charge on any atom is 0.317 e. The van der Waals surface area contributed by atoms with E-state index in [9.17, 15) is 4.79 Å². The summed E-state index contributed by atoms with van der Waals surface area (Å²) in [6.45, 7) is 10.4. The second-order valence-corrected chi connectivity index (χ2v) is 7.61. The Hall–Kier alpha value is -1.49.